The number of nitrogens with zero attached hydrogens (tertiary/aromatic N) is 1. The van der Waals surface area contributed by atoms with Gasteiger partial charge in [0.15, 0.2) is 10.9 Å². The molecule has 0 atom stereocenters. The number of thioether (sulfide) groups is 1. The van der Waals surface area contributed by atoms with Gasteiger partial charge in [-0.05, 0) is 0 Å². The summed E-state index contributed by atoms with van der Waals surface area (Å²) < 4.78 is 13.4. The first-order valence-corrected chi connectivity index (χ1v) is 5.87. The Labute approximate surface area is 106 Å². The Kier molecular flexibility index (Phi) is 4.85. The fourth-order valence-electron chi connectivity index (χ4n) is 1.18. The van der Waals surface area contributed by atoms with Crippen LogP contribution < -0.4 is 0 Å². The average molecular weight is 271 g/mol. The van der Waals surface area contributed by atoms with E-state index in [0.29, 0.717) is 11.8 Å². The number of rotatable bonds is 4. The maximum atomic E-state index is 13.4. The lowest BCUT2D eigenvalue weighted by Gasteiger charge is -2.00. The summed E-state index contributed by atoms with van der Waals surface area (Å²) in [7, 11) is 0. The van der Waals surface area contributed by atoms with Crippen molar-refractivity contribution in [3.05, 3.63) is 39.7 Å². The second-order valence-electron chi connectivity index (χ2n) is 3.32. The average Bonchev–Trinajstić information content (AvgIpc) is 2.25. The largest absolute Gasteiger partial charge is 0.502 e. The van der Waals surface area contributed by atoms with E-state index in [1.807, 2.05) is 0 Å². The second kappa shape index (κ2) is 6.15. The first-order chi connectivity index (χ1) is 8.41. The van der Waals surface area contributed by atoms with Crippen molar-refractivity contribution in [1.29, 1.82) is 0 Å². The molecule has 1 aromatic rings. The van der Waals surface area contributed by atoms with Gasteiger partial charge < -0.3 is 5.11 Å². The van der Waals surface area contributed by atoms with E-state index in [0.717, 1.165) is 17.8 Å². The van der Waals surface area contributed by atoms with Gasteiger partial charge in [0.25, 0.3) is 0 Å². The van der Waals surface area contributed by atoms with Crippen LogP contribution in [0.3, 0.4) is 0 Å². The Morgan fingerprint density at radius 2 is 2.28 bits per heavy atom. The van der Waals surface area contributed by atoms with Crippen molar-refractivity contribution in [1.82, 2.24) is 0 Å². The molecule has 0 aliphatic heterocycles. The summed E-state index contributed by atoms with van der Waals surface area (Å²) in [5.74, 6) is -1.13. The lowest BCUT2D eigenvalue weighted by molar-refractivity contribution is -0.385. The van der Waals surface area contributed by atoms with Gasteiger partial charge in [-0.25, -0.2) is 4.39 Å². The van der Waals surface area contributed by atoms with Crippen LogP contribution in [0.4, 0.5) is 10.1 Å². The first-order valence-electron chi connectivity index (χ1n) is 4.88. The number of hydrogen-bond acceptors (Lipinski definition) is 5. The molecule has 0 spiro atoms. The molecule has 0 unspecified atom stereocenters. The zero-order chi connectivity index (χ0) is 13.7. The van der Waals surface area contributed by atoms with E-state index in [1.54, 1.807) is 0 Å². The molecule has 0 heterocycles. The number of nitro groups is 1. The SMILES string of the molecule is CC(=O)SCC=Cc1cc([N+](=O)[O-])c(O)cc1F. The standard InChI is InChI=1S/C11H10FNO4S/c1-7(14)18-4-2-3-8-5-10(13(16)17)11(15)6-9(8)12/h2-3,5-6,15H,4H2,1H3. The van der Waals surface area contributed by atoms with Crippen molar-refractivity contribution < 1.29 is 19.2 Å². The number of carbonyl (C=O) groups excluding carboxylic acids is 1. The summed E-state index contributed by atoms with van der Waals surface area (Å²) >= 11 is 1.04. The van der Waals surface area contributed by atoms with Crippen molar-refractivity contribution in [2.24, 2.45) is 0 Å². The van der Waals surface area contributed by atoms with Crippen LogP contribution in [0.1, 0.15) is 12.5 Å². The lowest BCUT2D eigenvalue weighted by Crippen LogP contribution is -1.92. The van der Waals surface area contributed by atoms with E-state index in [2.05, 4.69) is 0 Å². The zero-order valence-electron chi connectivity index (χ0n) is 9.42. The molecule has 1 rings (SSSR count). The summed E-state index contributed by atoms with van der Waals surface area (Å²) in [6.45, 7) is 1.41. The Bertz CT molecular complexity index is 516. The Morgan fingerprint density at radius 1 is 1.61 bits per heavy atom. The molecule has 1 N–H and O–H groups in total. The molecule has 0 aliphatic carbocycles. The quantitative estimate of drug-likeness (QED) is 0.672. The third kappa shape index (κ3) is 3.85. The van der Waals surface area contributed by atoms with Crippen molar-refractivity contribution in [3.8, 4) is 5.75 Å². The number of phenolic OH excluding ortho intramolecular Hbond substituents is 1. The fraction of sp³-hybridized carbons (Fsp3) is 0.182. The molecular formula is C11H10FNO4S. The smallest absolute Gasteiger partial charge is 0.311 e. The minimum Gasteiger partial charge on any atom is -0.502 e. The van der Waals surface area contributed by atoms with E-state index in [9.17, 15) is 24.4 Å². The fourth-order valence-corrected chi connectivity index (χ4v) is 1.61. The summed E-state index contributed by atoms with van der Waals surface area (Å²) in [6, 6.07) is 1.63. The van der Waals surface area contributed by atoms with Gasteiger partial charge in [-0.2, -0.15) is 0 Å². The summed E-state index contributed by atoms with van der Waals surface area (Å²) in [5, 5.41) is 19.7. The van der Waals surface area contributed by atoms with Crippen LogP contribution in [0.25, 0.3) is 6.08 Å². The molecule has 0 aliphatic rings. The van der Waals surface area contributed by atoms with Gasteiger partial charge in [-0.15, -0.1) is 0 Å². The first kappa shape index (κ1) is 14.2. The van der Waals surface area contributed by atoms with E-state index in [1.165, 1.54) is 19.1 Å². The monoisotopic (exact) mass is 271 g/mol. The highest BCUT2D eigenvalue weighted by atomic mass is 32.2. The maximum absolute atomic E-state index is 13.4. The summed E-state index contributed by atoms with van der Waals surface area (Å²) in [4.78, 5) is 20.4. The third-order valence-corrected chi connectivity index (χ3v) is 2.74. The normalized spacial score (nSPS) is 10.8. The van der Waals surface area contributed by atoms with Crippen LogP contribution in [-0.2, 0) is 4.79 Å². The van der Waals surface area contributed by atoms with Gasteiger partial charge in [0.1, 0.15) is 5.82 Å². The van der Waals surface area contributed by atoms with Gasteiger partial charge in [-0.1, -0.05) is 23.9 Å². The van der Waals surface area contributed by atoms with Crippen LogP contribution in [0.5, 0.6) is 5.75 Å². The van der Waals surface area contributed by atoms with E-state index in [4.69, 9.17) is 0 Å². The van der Waals surface area contributed by atoms with Crippen molar-refractivity contribution in [3.63, 3.8) is 0 Å². The number of carbonyl (C=O) groups is 1. The molecule has 18 heavy (non-hydrogen) atoms. The molecule has 96 valence electrons. The van der Waals surface area contributed by atoms with Crippen LogP contribution >= 0.6 is 11.8 Å². The Balaban J connectivity index is 2.92. The molecule has 0 aromatic heterocycles. The third-order valence-electron chi connectivity index (χ3n) is 1.97. The van der Waals surface area contributed by atoms with Gasteiger partial charge in [0.2, 0.25) is 0 Å². The minimum absolute atomic E-state index is 0.0105. The van der Waals surface area contributed by atoms with E-state index in [-0.39, 0.29) is 10.7 Å². The molecule has 0 bridgehead atoms. The molecule has 5 nitrogen and oxygen atoms in total. The molecular weight excluding hydrogens is 261 g/mol. The van der Waals surface area contributed by atoms with Crippen LogP contribution in [-0.4, -0.2) is 20.9 Å². The topological polar surface area (TPSA) is 80.4 Å². The number of phenols is 1. The van der Waals surface area contributed by atoms with E-state index < -0.39 is 22.2 Å². The van der Waals surface area contributed by atoms with Gasteiger partial charge in [0.05, 0.1) is 4.92 Å². The predicted octanol–water partition coefficient (Wildman–Crippen LogP) is 2.73. The molecule has 0 fully saturated rings. The Morgan fingerprint density at radius 3 is 2.83 bits per heavy atom. The Hall–Kier alpha value is -1.89. The molecule has 0 saturated heterocycles. The van der Waals surface area contributed by atoms with Crippen LogP contribution in [0, 0.1) is 15.9 Å². The van der Waals surface area contributed by atoms with Gasteiger partial charge in [0, 0.05) is 30.4 Å². The predicted molar refractivity (Wildman–Crippen MR) is 66.9 cm³/mol. The van der Waals surface area contributed by atoms with Gasteiger partial charge >= 0.3 is 5.69 Å². The van der Waals surface area contributed by atoms with Crippen molar-refractivity contribution in [2.45, 2.75) is 6.92 Å². The second-order valence-corrected chi connectivity index (χ2v) is 4.52. The molecule has 0 radical (unpaired) electrons. The number of nitro benzene ring substituents is 1. The van der Waals surface area contributed by atoms with Crippen LogP contribution in [0.2, 0.25) is 0 Å². The van der Waals surface area contributed by atoms with Crippen molar-refractivity contribution in [2.75, 3.05) is 5.75 Å². The molecule has 1 aromatic carbocycles. The molecule has 0 saturated carbocycles. The number of aromatic hydroxyl groups is 1. The van der Waals surface area contributed by atoms with Gasteiger partial charge in [-0.3, -0.25) is 14.9 Å². The highest BCUT2D eigenvalue weighted by Crippen LogP contribution is 2.29. The number of benzene rings is 1. The highest BCUT2D eigenvalue weighted by molar-refractivity contribution is 8.13. The zero-order valence-corrected chi connectivity index (χ0v) is 10.2. The maximum Gasteiger partial charge on any atom is 0.311 e. The van der Waals surface area contributed by atoms with E-state index >= 15 is 0 Å². The number of halogens is 1. The molecule has 7 heteroatoms. The number of hydrogen-bond donors (Lipinski definition) is 1. The lowest BCUT2D eigenvalue weighted by atomic mass is 10.1. The summed E-state index contributed by atoms with van der Waals surface area (Å²) in [5.41, 5.74) is -0.570. The molecule has 0 amide bonds. The van der Waals surface area contributed by atoms with Crippen LogP contribution in [0.15, 0.2) is 18.2 Å². The minimum atomic E-state index is -0.795. The summed E-state index contributed by atoms with van der Waals surface area (Å²) in [6.07, 6.45) is 2.85. The highest BCUT2D eigenvalue weighted by Gasteiger charge is 2.16. The van der Waals surface area contributed by atoms with Crippen molar-refractivity contribution >= 4 is 28.6 Å².